The SMILES string of the molecule is CCNC(=NCC1CCCCC1C)N1CCCC1. The Bertz CT molecular complexity index is 269. The van der Waals surface area contributed by atoms with Gasteiger partial charge in [0.05, 0.1) is 0 Å². The summed E-state index contributed by atoms with van der Waals surface area (Å²) in [5.41, 5.74) is 0. The van der Waals surface area contributed by atoms with Crippen LogP contribution < -0.4 is 5.32 Å². The largest absolute Gasteiger partial charge is 0.357 e. The molecule has 0 amide bonds. The summed E-state index contributed by atoms with van der Waals surface area (Å²) < 4.78 is 0. The van der Waals surface area contributed by atoms with Crippen molar-refractivity contribution in [2.45, 2.75) is 52.4 Å². The molecule has 3 heteroatoms. The summed E-state index contributed by atoms with van der Waals surface area (Å²) in [5, 5.41) is 3.45. The smallest absolute Gasteiger partial charge is 0.193 e. The van der Waals surface area contributed by atoms with Crippen LogP contribution in [0.15, 0.2) is 4.99 Å². The molecule has 1 saturated carbocycles. The van der Waals surface area contributed by atoms with Gasteiger partial charge < -0.3 is 10.2 Å². The Morgan fingerprint density at radius 3 is 2.56 bits per heavy atom. The maximum atomic E-state index is 4.90. The zero-order chi connectivity index (χ0) is 12.8. The van der Waals surface area contributed by atoms with Crippen LogP contribution in [-0.4, -0.2) is 37.0 Å². The fraction of sp³-hybridized carbons (Fsp3) is 0.933. The third-order valence-corrected chi connectivity index (χ3v) is 4.51. The van der Waals surface area contributed by atoms with Gasteiger partial charge in [-0.2, -0.15) is 0 Å². The molecule has 0 spiro atoms. The molecular weight excluding hydrogens is 222 g/mol. The first-order valence-corrected chi connectivity index (χ1v) is 7.84. The van der Waals surface area contributed by atoms with Crippen molar-refractivity contribution < 1.29 is 0 Å². The van der Waals surface area contributed by atoms with E-state index in [-0.39, 0.29) is 0 Å². The monoisotopic (exact) mass is 251 g/mol. The molecule has 0 aromatic carbocycles. The van der Waals surface area contributed by atoms with Crippen molar-refractivity contribution in [1.29, 1.82) is 0 Å². The highest BCUT2D eigenvalue weighted by atomic mass is 15.3. The van der Waals surface area contributed by atoms with E-state index in [4.69, 9.17) is 4.99 Å². The van der Waals surface area contributed by atoms with Gasteiger partial charge in [0.2, 0.25) is 0 Å². The fourth-order valence-corrected chi connectivity index (χ4v) is 3.22. The Hall–Kier alpha value is -0.730. The minimum Gasteiger partial charge on any atom is -0.357 e. The van der Waals surface area contributed by atoms with Crippen LogP contribution in [0.3, 0.4) is 0 Å². The average Bonchev–Trinajstić information content (AvgIpc) is 2.90. The van der Waals surface area contributed by atoms with Gasteiger partial charge in [0, 0.05) is 26.2 Å². The van der Waals surface area contributed by atoms with Gasteiger partial charge in [0.1, 0.15) is 0 Å². The third kappa shape index (κ3) is 3.63. The van der Waals surface area contributed by atoms with Gasteiger partial charge in [-0.3, -0.25) is 4.99 Å². The molecule has 2 fully saturated rings. The molecule has 2 unspecified atom stereocenters. The predicted octanol–water partition coefficient (Wildman–Crippen LogP) is 2.87. The highest BCUT2D eigenvalue weighted by Crippen LogP contribution is 2.29. The van der Waals surface area contributed by atoms with E-state index in [1.54, 1.807) is 0 Å². The second kappa shape index (κ2) is 7.01. The first kappa shape index (κ1) is 13.7. The summed E-state index contributed by atoms with van der Waals surface area (Å²) in [7, 11) is 0. The Balaban J connectivity index is 1.90. The Kier molecular flexibility index (Phi) is 5.33. The number of hydrogen-bond acceptors (Lipinski definition) is 1. The van der Waals surface area contributed by atoms with Crippen LogP contribution in [0.25, 0.3) is 0 Å². The number of guanidine groups is 1. The van der Waals surface area contributed by atoms with Gasteiger partial charge in [-0.1, -0.05) is 26.2 Å². The molecule has 104 valence electrons. The molecule has 1 aliphatic carbocycles. The van der Waals surface area contributed by atoms with Crippen LogP contribution in [0.1, 0.15) is 52.4 Å². The average molecular weight is 251 g/mol. The van der Waals surface area contributed by atoms with Crippen LogP contribution in [0.2, 0.25) is 0 Å². The maximum absolute atomic E-state index is 4.90. The van der Waals surface area contributed by atoms with Gasteiger partial charge in [-0.05, 0) is 38.0 Å². The molecule has 1 heterocycles. The molecule has 2 atom stereocenters. The van der Waals surface area contributed by atoms with Crippen molar-refractivity contribution in [2.24, 2.45) is 16.8 Å². The molecule has 1 N–H and O–H groups in total. The highest BCUT2D eigenvalue weighted by molar-refractivity contribution is 5.80. The van der Waals surface area contributed by atoms with Crippen LogP contribution in [0.4, 0.5) is 0 Å². The number of rotatable bonds is 3. The van der Waals surface area contributed by atoms with Crippen molar-refractivity contribution in [3.8, 4) is 0 Å². The summed E-state index contributed by atoms with van der Waals surface area (Å²) in [6.45, 7) is 8.95. The second-order valence-corrected chi connectivity index (χ2v) is 5.91. The number of nitrogens with one attached hydrogen (secondary N) is 1. The molecule has 18 heavy (non-hydrogen) atoms. The minimum absolute atomic E-state index is 0.815. The summed E-state index contributed by atoms with van der Waals surface area (Å²) in [6, 6.07) is 0. The van der Waals surface area contributed by atoms with E-state index in [9.17, 15) is 0 Å². The molecule has 1 aliphatic heterocycles. The van der Waals surface area contributed by atoms with Crippen molar-refractivity contribution in [1.82, 2.24) is 10.2 Å². The summed E-state index contributed by atoms with van der Waals surface area (Å²) in [5.74, 6) is 2.84. The molecule has 3 nitrogen and oxygen atoms in total. The first-order valence-electron chi connectivity index (χ1n) is 7.84. The zero-order valence-corrected chi connectivity index (χ0v) is 12.1. The lowest BCUT2D eigenvalue weighted by molar-refractivity contribution is 0.263. The molecule has 2 aliphatic rings. The van der Waals surface area contributed by atoms with E-state index >= 15 is 0 Å². The predicted molar refractivity (Wildman–Crippen MR) is 77.9 cm³/mol. The molecule has 0 aromatic heterocycles. The van der Waals surface area contributed by atoms with E-state index in [1.165, 1.54) is 51.6 Å². The van der Waals surface area contributed by atoms with Crippen molar-refractivity contribution in [2.75, 3.05) is 26.2 Å². The molecular formula is C15H29N3. The number of nitrogens with zero attached hydrogens (tertiary/aromatic N) is 2. The van der Waals surface area contributed by atoms with Gasteiger partial charge in [-0.25, -0.2) is 0 Å². The molecule has 1 saturated heterocycles. The van der Waals surface area contributed by atoms with E-state index in [1.807, 2.05) is 0 Å². The number of aliphatic imine (C=N–C) groups is 1. The molecule has 0 aromatic rings. The van der Waals surface area contributed by atoms with Crippen LogP contribution in [-0.2, 0) is 0 Å². The van der Waals surface area contributed by atoms with Crippen molar-refractivity contribution in [3.05, 3.63) is 0 Å². The van der Waals surface area contributed by atoms with Crippen LogP contribution in [0, 0.1) is 11.8 Å². The lowest BCUT2D eigenvalue weighted by Gasteiger charge is -2.28. The fourth-order valence-electron chi connectivity index (χ4n) is 3.22. The lowest BCUT2D eigenvalue weighted by Crippen LogP contribution is -2.40. The Morgan fingerprint density at radius 2 is 1.89 bits per heavy atom. The van der Waals surface area contributed by atoms with E-state index in [0.29, 0.717) is 0 Å². The summed E-state index contributed by atoms with van der Waals surface area (Å²) >= 11 is 0. The topological polar surface area (TPSA) is 27.6 Å². The van der Waals surface area contributed by atoms with Crippen molar-refractivity contribution >= 4 is 5.96 Å². The molecule has 0 bridgehead atoms. The summed E-state index contributed by atoms with van der Waals surface area (Å²) in [6.07, 6.45) is 8.26. The minimum atomic E-state index is 0.815. The van der Waals surface area contributed by atoms with Gasteiger partial charge >= 0.3 is 0 Å². The lowest BCUT2D eigenvalue weighted by atomic mass is 9.80. The normalized spacial score (nSPS) is 29.7. The Morgan fingerprint density at radius 1 is 1.17 bits per heavy atom. The van der Waals surface area contributed by atoms with Gasteiger partial charge in [-0.15, -0.1) is 0 Å². The number of hydrogen-bond donors (Lipinski definition) is 1. The number of likely N-dealkylation sites (tertiary alicyclic amines) is 1. The van der Waals surface area contributed by atoms with Crippen LogP contribution >= 0.6 is 0 Å². The first-order chi connectivity index (χ1) is 8.81. The van der Waals surface area contributed by atoms with E-state index in [0.717, 1.165) is 30.9 Å². The third-order valence-electron chi connectivity index (χ3n) is 4.51. The highest BCUT2D eigenvalue weighted by Gasteiger charge is 2.22. The van der Waals surface area contributed by atoms with Gasteiger partial charge in [0.15, 0.2) is 5.96 Å². The molecule has 0 radical (unpaired) electrons. The van der Waals surface area contributed by atoms with Crippen molar-refractivity contribution in [3.63, 3.8) is 0 Å². The van der Waals surface area contributed by atoms with E-state index in [2.05, 4.69) is 24.1 Å². The maximum Gasteiger partial charge on any atom is 0.193 e. The van der Waals surface area contributed by atoms with Crippen LogP contribution in [0.5, 0.6) is 0 Å². The quantitative estimate of drug-likeness (QED) is 0.617. The van der Waals surface area contributed by atoms with E-state index < -0.39 is 0 Å². The Labute approximate surface area is 112 Å². The molecule has 2 rings (SSSR count). The van der Waals surface area contributed by atoms with Gasteiger partial charge in [0.25, 0.3) is 0 Å². The summed E-state index contributed by atoms with van der Waals surface area (Å²) in [4.78, 5) is 7.33. The zero-order valence-electron chi connectivity index (χ0n) is 12.1. The standard InChI is InChI=1S/C15H29N3/c1-3-16-15(18-10-6-7-11-18)17-12-14-9-5-4-8-13(14)2/h13-14H,3-12H2,1-2H3,(H,16,17). The second-order valence-electron chi connectivity index (χ2n) is 5.91.